The highest BCUT2D eigenvalue weighted by atomic mass is 32.2. The number of rotatable bonds is 2. The van der Waals surface area contributed by atoms with Crippen molar-refractivity contribution in [1.29, 1.82) is 0 Å². The van der Waals surface area contributed by atoms with E-state index in [-0.39, 0.29) is 11.7 Å². The highest BCUT2D eigenvalue weighted by molar-refractivity contribution is 7.98. The topological polar surface area (TPSA) is 56.9 Å². The number of hydrogen-bond acceptors (Lipinski definition) is 4. The van der Waals surface area contributed by atoms with Gasteiger partial charge in [0.15, 0.2) is 5.16 Å². The quantitative estimate of drug-likeness (QED) is 0.762. The van der Waals surface area contributed by atoms with Crippen molar-refractivity contribution < 1.29 is 0 Å². The summed E-state index contributed by atoms with van der Waals surface area (Å²) in [4.78, 5) is 28.2. The van der Waals surface area contributed by atoms with Gasteiger partial charge in [0.25, 0.3) is 0 Å². The molecule has 2 atom stereocenters. The summed E-state index contributed by atoms with van der Waals surface area (Å²) in [5, 5.41) is 0.477. The van der Waals surface area contributed by atoms with Crippen molar-refractivity contribution in [3.8, 4) is 0 Å². The van der Waals surface area contributed by atoms with Crippen molar-refractivity contribution in [3.63, 3.8) is 0 Å². The molecule has 0 N–H and O–H groups in total. The number of hydrogen-bond donors (Lipinski definition) is 0. The Balaban J connectivity index is 2.48. The maximum Gasteiger partial charge on any atom is 0.354 e. The first-order valence-electron chi connectivity index (χ1n) is 6.28. The Kier molecular flexibility index (Phi) is 3.94. The minimum absolute atomic E-state index is 0.0170. The minimum atomic E-state index is -0.401. The van der Waals surface area contributed by atoms with Crippen molar-refractivity contribution >= 4 is 11.8 Å². The van der Waals surface area contributed by atoms with Crippen LogP contribution in [-0.4, -0.2) is 20.4 Å². The fraction of sp³-hybridized carbons (Fsp3) is 0.750. The smallest absolute Gasteiger partial charge is 0.275 e. The van der Waals surface area contributed by atoms with Crippen molar-refractivity contribution in [3.05, 3.63) is 21.0 Å². The maximum atomic E-state index is 12.2. The third-order valence-corrected chi connectivity index (χ3v) is 4.36. The second kappa shape index (κ2) is 5.30. The SMILES string of the molecule is CSc1nc(=O)n(C2CCCC(C)C2)c(=O)n1C. The molecule has 0 bridgehead atoms. The van der Waals surface area contributed by atoms with E-state index in [1.807, 2.05) is 6.26 Å². The van der Waals surface area contributed by atoms with Gasteiger partial charge in [-0.25, -0.2) is 14.2 Å². The molecule has 1 saturated carbocycles. The van der Waals surface area contributed by atoms with Gasteiger partial charge in [-0.2, -0.15) is 4.98 Å². The van der Waals surface area contributed by atoms with Gasteiger partial charge < -0.3 is 0 Å². The van der Waals surface area contributed by atoms with Crippen molar-refractivity contribution in [2.45, 2.75) is 43.8 Å². The summed E-state index contributed by atoms with van der Waals surface area (Å²) >= 11 is 1.32. The van der Waals surface area contributed by atoms with E-state index in [1.54, 1.807) is 7.05 Å². The second-order valence-corrected chi connectivity index (χ2v) is 5.79. The van der Waals surface area contributed by atoms with Crippen molar-refractivity contribution in [2.24, 2.45) is 13.0 Å². The largest absolute Gasteiger partial charge is 0.354 e. The van der Waals surface area contributed by atoms with Crippen LogP contribution in [-0.2, 0) is 7.05 Å². The van der Waals surface area contributed by atoms with E-state index in [1.165, 1.54) is 27.3 Å². The van der Waals surface area contributed by atoms with Crippen LogP contribution < -0.4 is 11.4 Å². The van der Waals surface area contributed by atoms with Crippen LogP contribution in [0.15, 0.2) is 14.7 Å². The fourth-order valence-electron chi connectivity index (χ4n) is 2.67. The van der Waals surface area contributed by atoms with E-state index in [0.29, 0.717) is 11.1 Å². The van der Waals surface area contributed by atoms with Gasteiger partial charge in [0.05, 0.1) is 0 Å². The molecule has 0 saturated heterocycles. The molecule has 1 heterocycles. The molecule has 2 unspecified atom stereocenters. The predicted molar refractivity (Wildman–Crippen MR) is 72.2 cm³/mol. The minimum Gasteiger partial charge on any atom is -0.275 e. The zero-order valence-electron chi connectivity index (χ0n) is 11.0. The van der Waals surface area contributed by atoms with E-state index in [0.717, 1.165) is 19.3 Å². The van der Waals surface area contributed by atoms with E-state index < -0.39 is 5.69 Å². The van der Waals surface area contributed by atoms with Crippen molar-refractivity contribution in [2.75, 3.05) is 6.26 Å². The first-order chi connectivity index (χ1) is 8.54. The fourth-order valence-corrected chi connectivity index (χ4v) is 3.19. The highest BCUT2D eigenvalue weighted by Crippen LogP contribution is 2.30. The normalized spacial score (nSPS) is 24.2. The average molecular weight is 269 g/mol. The van der Waals surface area contributed by atoms with E-state index in [4.69, 9.17) is 0 Å². The molecule has 2 rings (SSSR count). The molecule has 18 heavy (non-hydrogen) atoms. The summed E-state index contributed by atoms with van der Waals surface area (Å²) in [5.74, 6) is 0.570. The molecular weight excluding hydrogens is 250 g/mol. The van der Waals surface area contributed by atoms with Crippen molar-refractivity contribution in [1.82, 2.24) is 14.1 Å². The van der Waals surface area contributed by atoms with Crippen LogP contribution in [0.2, 0.25) is 0 Å². The van der Waals surface area contributed by atoms with Gasteiger partial charge in [-0.15, -0.1) is 0 Å². The number of nitrogens with zero attached hydrogens (tertiary/aromatic N) is 3. The summed E-state index contributed by atoms with van der Waals surface area (Å²) in [5.41, 5.74) is -0.639. The second-order valence-electron chi connectivity index (χ2n) is 5.02. The summed E-state index contributed by atoms with van der Waals surface area (Å²) in [7, 11) is 1.67. The lowest BCUT2D eigenvalue weighted by molar-refractivity contribution is 0.262. The molecule has 0 aliphatic heterocycles. The van der Waals surface area contributed by atoms with E-state index in [9.17, 15) is 9.59 Å². The molecule has 100 valence electrons. The number of thioether (sulfide) groups is 1. The summed E-state index contributed by atoms with van der Waals surface area (Å²) in [6.07, 6.45) is 5.87. The van der Waals surface area contributed by atoms with Crippen LogP contribution in [0.5, 0.6) is 0 Å². The molecule has 5 nitrogen and oxygen atoms in total. The Labute approximate surface area is 110 Å². The van der Waals surface area contributed by atoms with Gasteiger partial charge >= 0.3 is 11.4 Å². The molecule has 0 amide bonds. The van der Waals surface area contributed by atoms with Gasteiger partial charge in [0, 0.05) is 13.1 Å². The first-order valence-corrected chi connectivity index (χ1v) is 7.50. The maximum absolute atomic E-state index is 12.2. The van der Waals surface area contributed by atoms with Gasteiger partial charge in [0.2, 0.25) is 0 Å². The zero-order valence-corrected chi connectivity index (χ0v) is 11.9. The van der Waals surface area contributed by atoms with Gasteiger partial charge in [-0.05, 0) is 25.0 Å². The van der Waals surface area contributed by atoms with Gasteiger partial charge in [0.1, 0.15) is 0 Å². The summed E-state index contributed by atoms with van der Waals surface area (Å²) in [6, 6.07) is 0.0170. The highest BCUT2D eigenvalue weighted by Gasteiger charge is 2.24. The van der Waals surface area contributed by atoms with Crippen LogP contribution in [0.1, 0.15) is 38.6 Å². The van der Waals surface area contributed by atoms with Gasteiger partial charge in [-0.3, -0.25) is 4.57 Å². The Morgan fingerprint density at radius 2 is 2.06 bits per heavy atom. The molecule has 6 heteroatoms. The molecule has 1 aliphatic rings. The molecule has 1 aromatic rings. The average Bonchev–Trinajstić information content (AvgIpc) is 2.34. The third kappa shape index (κ3) is 2.39. The van der Waals surface area contributed by atoms with Crippen LogP contribution in [0, 0.1) is 5.92 Å². The Hall–Kier alpha value is -1.04. The lowest BCUT2D eigenvalue weighted by Crippen LogP contribution is -2.44. The molecule has 0 aromatic carbocycles. The van der Waals surface area contributed by atoms with E-state index >= 15 is 0 Å². The molecule has 1 aliphatic carbocycles. The summed E-state index contributed by atoms with van der Waals surface area (Å²) in [6.45, 7) is 2.17. The lowest BCUT2D eigenvalue weighted by Gasteiger charge is -2.27. The molecule has 1 fully saturated rings. The molecule has 1 aromatic heterocycles. The van der Waals surface area contributed by atoms with Crippen LogP contribution in [0.4, 0.5) is 0 Å². The molecule has 0 radical (unpaired) electrons. The Morgan fingerprint density at radius 3 is 2.67 bits per heavy atom. The third-order valence-electron chi connectivity index (χ3n) is 3.63. The standard InChI is InChI=1S/C12H19N3O2S/c1-8-5-4-6-9(7-8)15-10(16)13-11(18-3)14(2)12(15)17/h8-9H,4-7H2,1-3H3. The Morgan fingerprint density at radius 1 is 1.33 bits per heavy atom. The predicted octanol–water partition coefficient (Wildman–Crippen LogP) is 1.42. The Bertz CT molecular complexity index is 549. The first kappa shape index (κ1) is 13.4. The summed E-state index contributed by atoms with van der Waals surface area (Å²) < 4.78 is 2.81. The lowest BCUT2D eigenvalue weighted by atomic mass is 9.87. The molecular formula is C12H19N3O2S. The van der Waals surface area contributed by atoms with E-state index in [2.05, 4.69) is 11.9 Å². The molecule has 0 spiro atoms. The van der Waals surface area contributed by atoms with Crippen LogP contribution >= 0.6 is 11.8 Å². The number of aromatic nitrogens is 3. The monoisotopic (exact) mass is 269 g/mol. The van der Waals surface area contributed by atoms with Gasteiger partial charge in [-0.1, -0.05) is 31.5 Å². The zero-order chi connectivity index (χ0) is 13.3. The van der Waals surface area contributed by atoms with Crippen LogP contribution in [0.25, 0.3) is 0 Å². The van der Waals surface area contributed by atoms with Crippen LogP contribution in [0.3, 0.4) is 0 Å².